The van der Waals surface area contributed by atoms with E-state index in [1.54, 1.807) is 0 Å². The van der Waals surface area contributed by atoms with Gasteiger partial charge in [-0.1, -0.05) is 34.5 Å². The minimum absolute atomic E-state index is 0.0901. The highest BCUT2D eigenvalue weighted by atomic mass is 79.9. The van der Waals surface area contributed by atoms with Crippen LogP contribution in [0.3, 0.4) is 0 Å². The molecule has 0 aliphatic heterocycles. The molecule has 5 nitrogen and oxygen atoms in total. The Morgan fingerprint density at radius 1 is 1.38 bits per heavy atom. The summed E-state index contributed by atoms with van der Waals surface area (Å²) in [6, 6.07) is 8.54. The van der Waals surface area contributed by atoms with Crippen LogP contribution < -0.4 is 5.32 Å². The molecule has 0 atom stereocenters. The molecule has 2 N–H and O–H groups in total. The van der Waals surface area contributed by atoms with E-state index < -0.39 is 5.41 Å². The van der Waals surface area contributed by atoms with Gasteiger partial charge in [0, 0.05) is 10.5 Å². The number of carbonyl (C=O) groups excluding carboxylic acids is 1. The van der Waals surface area contributed by atoms with Crippen LogP contribution >= 0.6 is 28.1 Å². The third-order valence-electron chi connectivity index (χ3n) is 5.14. The number of hydrogen-bond donors (Lipinski definition) is 2. The molecule has 4 rings (SSSR count). The van der Waals surface area contributed by atoms with E-state index in [0.29, 0.717) is 17.4 Å². The molecule has 2 aliphatic carbocycles. The van der Waals surface area contributed by atoms with E-state index in [9.17, 15) is 4.79 Å². The van der Waals surface area contributed by atoms with Crippen LogP contribution in [0.2, 0.25) is 0 Å². The van der Waals surface area contributed by atoms with Gasteiger partial charge in [-0.05, 0) is 55.6 Å². The number of rotatable bonds is 5. The van der Waals surface area contributed by atoms with E-state index in [4.69, 9.17) is 12.2 Å². The van der Waals surface area contributed by atoms with Crippen LogP contribution in [0.1, 0.15) is 49.5 Å². The highest BCUT2D eigenvalue weighted by Crippen LogP contribution is 2.44. The third-order valence-corrected chi connectivity index (χ3v) is 5.95. The summed E-state index contributed by atoms with van der Waals surface area (Å²) in [5.74, 6) is 0.911. The van der Waals surface area contributed by atoms with Crippen molar-refractivity contribution in [3.63, 3.8) is 0 Å². The highest BCUT2D eigenvalue weighted by molar-refractivity contribution is 9.10. The molecule has 1 amide bonds. The van der Waals surface area contributed by atoms with Gasteiger partial charge in [-0.3, -0.25) is 14.5 Å². The summed E-state index contributed by atoms with van der Waals surface area (Å²) in [6.07, 6.45) is 5.16. The molecule has 0 bridgehead atoms. The van der Waals surface area contributed by atoms with E-state index in [2.05, 4.69) is 31.4 Å². The number of benzene rings is 1. The highest BCUT2D eigenvalue weighted by Gasteiger charge is 2.45. The SMILES string of the molecule is O=C(NCc1n[nH]c(=S)n1C1CC1)C1(c2ccc(Br)cc2)CCC1. The first-order valence-electron chi connectivity index (χ1n) is 8.30. The molecule has 0 saturated heterocycles. The van der Waals surface area contributed by atoms with E-state index in [1.807, 2.05) is 28.8 Å². The molecular weight excluding hydrogens is 388 g/mol. The fourth-order valence-corrected chi connectivity index (χ4v) is 4.01. The maximum absolute atomic E-state index is 12.9. The monoisotopic (exact) mass is 406 g/mol. The van der Waals surface area contributed by atoms with Crippen LogP contribution in [-0.4, -0.2) is 20.7 Å². The number of amides is 1. The minimum atomic E-state index is -0.391. The predicted octanol–water partition coefficient (Wildman–Crippen LogP) is 3.78. The largest absolute Gasteiger partial charge is 0.348 e. The van der Waals surface area contributed by atoms with Crippen molar-refractivity contribution in [3.8, 4) is 0 Å². The number of aromatic nitrogens is 3. The van der Waals surface area contributed by atoms with Crippen LogP contribution in [0.25, 0.3) is 0 Å². The molecule has 1 aromatic carbocycles. The zero-order valence-electron chi connectivity index (χ0n) is 13.2. The maximum atomic E-state index is 12.9. The van der Waals surface area contributed by atoms with Gasteiger partial charge in [-0.15, -0.1) is 0 Å². The summed E-state index contributed by atoms with van der Waals surface area (Å²) in [4.78, 5) is 12.9. The van der Waals surface area contributed by atoms with Crippen molar-refractivity contribution in [1.29, 1.82) is 0 Å². The Hall–Kier alpha value is -1.47. The zero-order chi connectivity index (χ0) is 16.7. The molecule has 0 radical (unpaired) electrons. The number of aromatic amines is 1. The number of carbonyl (C=O) groups is 1. The molecule has 1 heterocycles. The summed E-state index contributed by atoms with van der Waals surface area (Å²) < 4.78 is 3.72. The van der Waals surface area contributed by atoms with Crippen molar-refractivity contribution in [2.45, 2.75) is 50.1 Å². The van der Waals surface area contributed by atoms with E-state index in [1.165, 1.54) is 0 Å². The Kier molecular flexibility index (Phi) is 4.08. The normalized spacial score (nSPS) is 18.9. The van der Waals surface area contributed by atoms with Gasteiger partial charge in [-0.2, -0.15) is 5.10 Å². The van der Waals surface area contributed by atoms with Gasteiger partial charge in [0.25, 0.3) is 0 Å². The first kappa shape index (κ1) is 16.0. The van der Waals surface area contributed by atoms with Gasteiger partial charge in [0.2, 0.25) is 5.91 Å². The molecular formula is C17H19BrN4OS. The van der Waals surface area contributed by atoms with Gasteiger partial charge in [0.1, 0.15) is 0 Å². The predicted molar refractivity (Wildman–Crippen MR) is 97.2 cm³/mol. The lowest BCUT2D eigenvalue weighted by Crippen LogP contribution is -2.49. The second-order valence-electron chi connectivity index (χ2n) is 6.67. The molecule has 0 unspecified atom stereocenters. The van der Waals surface area contributed by atoms with E-state index in [0.717, 1.165) is 48.0 Å². The number of H-pyrrole nitrogens is 1. The summed E-state index contributed by atoms with van der Waals surface area (Å²) >= 11 is 8.75. The molecule has 24 heavy (non-hydrogen) atoms. The first-order chi connectivity index (χ1) is 11.6. The van der Waals surface area contributed by atoms with Crippen molar-refractivity contribution in [2.75, 3.05) is 0 Å². The lowest BCUT2D eigenvalue weighted by molar-refractivity contribution is -0.130. The molecule has 126 valence electrons. The molecule has 0 spiro atoms. The number of nitrogens with zero attached hydrogens (tertiary/aromatic N) is 2. The quantitative estimate of drug-likeness (QED) is 0.742. The molecule has 2 saturated carbocycles. The van der Waals surface area contributed by atoms with Gasteiger partial charge >= 0.3 is 0 Å². The van der Waals surface area contributed by atoms with Crippen molar-refractivity contribution in [3.05, 3.63) is 44.9 Å². The van der Waals surface area contributed by atoms with Crippen molar-refractivity contribution >= 4 is 34.1 Å². The van der Waals surface area contributed by atoms with Crippen molar-refractivity contribution in [2.24, 2.45) is 0 Å². The number of halogens is 1. The molecule has 7 heteroatoms. The third kappa shape index (κ3) is 2.73. The number of hydrogen-bond acceptors (Lipinski definition) is 3. The van der Waals surface area contributed by atoms with Gasteiger partial charge in [0.05, 0.1) is 12.0 Å². The maximum Gasteiger partial charge on any atom is 0.231 e. The Morgan fingerprint density at radius 2 is 2.08 bits per heavy atom. The van der Waals surface area contributed by atoms with Gasteiger partial charge < -0.3 is 5.32 Å². The fraction of sp³-hybridized carbons (Fsp3) is 0.471. The second kappa shape index (κ2) is 6.11. The average molecular weight is 407 g/mol. The lowest BCUT2D eigenvalue weighted by atomic mass is 9.64. The number of nitrogens with one attached hydrogen (secondary N) is 2. The van der Waals surface area contributed by atoms with Crippen LogP contribution in [0.5, 0.6) is 0 Å². The first-order valence-corrected chi connectivity index (χ1v) is 9.50. The van der Waals surface area contributed by atoms with Crippen LogP contribution in [0.4, 0.5) is 0 Å². The standard InChI is InChI=1S/C17H19BrN4OS/c18-12-4-2-11(3-5-12)17(8-1-9-17)15(23)19-10-14-20-21-16(24)22(14)13-6-7-13/h2-5,13H,1,6-10H2,(H,19,23)(H,21,24). The van der Waals surface area contributed by atoms with Crippen LogP contribution in [-0.2, 0) is 16.8 Å². The topological polar surface area (TPSA) is 62.7 Å². The smallest absolute Gasteiger partial charge is 0.231 e. The van der Waals surface area contributed by atoms with Gasteiger partial charge in [-0.25, -0.2) is 0 Å². The second-order valence-corrected chi connectivity index (χ2v) is 7.97. The summed E-state index contributed by atoms with van der Waals surface area (Å²) in [5, 5.41) is 10.2. The molecule has 1 aromatic heterocycles. The Balaban J connectivity index is 1.51. The van der Waals surface area contributed by atoms with E-state index >= 15 is 0 Å². The Labute approximate surface area is 154 Å². The summed E-state index contributed by atoms with van der Waals surface area (Å²) in [5.41, 5.74) is 0.702. The van der Waals surface area contributed by atoms with E-state index in [-0.39, 0.29) is 5.91 Å². The fourth-order valence-electron chi connectivity index (χ4n) is 3.45. The Morgan fingerprint density at radius 3 is 2.67 bits per heavy atom. The van der Waals surface area contributed by atoms with Crippen LogP contribution in [0, 0.1) is 4.77 Å². The molecule has 2 fully saturated rings. The lowest BCUT2D eigenvalue weighted by Gasteiger charge is -2.40. The van der Waals surface area contributed by atoms with Crippen molar-refractivity contribution < 1.29 is 4.79 Å². The average Bonchev–Trinajstić information content (AvgIpc) is 3.29. The summed E-state index contributed by atoms with van der Waals surface area (Å²) in [7, 11) is 0. The zero-order valence-corrected chi connectivity index (χ0v) is 15.6. The molecule has 2 aromatic rings. The van der Waals surface area contributed by atoms with Crippen LogP contribution in [0.15, 0.2) is 28.7 Å². The summed E-state index contributed by atoms with van der Waals surface area (Å²) in [6.45, 7) is 0.417. The molecule has 2 aliphatic rings. The van der Waals surface area contributed by atoms with Crippen molar-refractivity contribution in [1.82, 2.24) is 20.1 Å². The van der Waals surface area contributed by atoms with Gasteiger partial charge in [0.15, 0.2) is 10.6 Å². The Bertz CT molecular complexity index is 818. The minimum Gasteiger partial charge on any atom is -0.348 e.